The number of carbonyl (C=O) groups is 1. The zero-order chi connectivity index (χ0) is 14.6. The number of nitrogens with zero attached hydrogens (tertiary/aromatic N) is 1. The third-order valence-electron chi connectivity index (χ3n) is 1.75. The summed E-state index contributed by atoms with van der Waals surface area (Å²) in [6, 6.07) is 3.84. The van der Waals surface area contributed by atoms with E-state index in [2.05, 4.69) is 26.0 Å². The van der Waals surface area contributed by atoms with E-state index in [1.165, 1.54) is 6.07 Å². The molecule has 1 rings (SSSR count). The molecule has 1 aromatic rings. The van der Waals surface area contributed by atoms with Gasteiger partial charge in [-0.2, -0.15) is 5.26 Å². The Morgan fingerprint density at radius 3 is 2.68 bits per heavy atom. The number of carbonyl (C=O) groups excluding carboxylic acids is 1. The van der Waals surface area contributed by atoms with Crippen LogP contribution < -0.4 is 10.1 Å². The van der Waals surface area contributed by atoms with E-state index in [1.807, 2.05) is 0 Å². The van der Waals surface area contributed by atoms with Crippen molar-refractivity contribution in [3.63, 3.8) is 0 Å². The number of benzene rings is 1. The van der Waals surface area contributed by atoms with Crippen molar-refractivity contribution in [3.05, 3.63) is 21.6 Å². The first kappa shape index (κ1) is 15.6. The van der Waals surface area contributed by atoms with Gasteiger partial charge in [-0.1, -0.05) is 27.5 Å². The van der Waals surface area contributed by atoms with Crippen molar-refractivity contribution in [2.24, 2.45) is 0 Å². The highest BCUT2D eigenvalue weighted by atomic mass is 79.9. The van der Waals surface area contributed by atoms with Gasteiger partial charge >= 0.3 is 6.36 Å². The van der Waals surface area contributed by atoms with Crippen molar-refractivity contribution in [1.29, 1.82) is 5.26 Å². The molecule has 1 amide bonds. The largest absolute Gasteiger partial charge is 0.573 e. The van der Waals surface area contributed by atoms with Crippen LogP contribution in [0, 0.1) is 11.3 Å². The van der Waals surface area contributed by atoms with Gasteiger partial charge in [0.05, 0.1) is 11.1 Å². The van der Waals surface area contributed by atoms with Crippen LogP contribution in [0.5, 0.6) is 5.75 Å². The Labute approximate surface area is 119 Å². The van der Waals surface area contributed by atoms with Crippen LogP contribution in [0.15, 0.2) is 16.6 Å². The molecule has 0 aromatic heterocycles. The summed E-state index contributed by atoms with van der Waals surface area (Å²) < 4.78 is 40.7. The van der Waals surface area contributed by atoms with Gasteiger partial charge in [0, 0.05) is 4.47 Å². The Bertz CT molecular complexity index is 543. The third-order valence-corrected chi connectivity index (χ3v) is 2.50. The fraction of sp³-hybridized carbons (Fsp3) is 0.200. The Morgan fingerprint density at radius 2 is 2.16 bits per heavy atom. The summed E-state index contributed by atoms with van der Waals surface area (Å²) in [6.45, 7) is 0. The van der Waals surface area contributed by atoms with Gasteiger partial charge in [-0.25, -0.2) is 0 Å². The summed E-state index contributed by atoms with van der Waals surface area (Å²) in [6.07, 6.45) is -5.45. The maximum atomic E-state index is 12.2. The highest BCUT2D eigenvalue weighted by Gasteiger charge is 2.33. The highest BCUT2D eigenvalue weighted by molar-refractivity contribution is 9.10. The average molecular weight is 358 g/mol. The molecule has 0 bridgehead atoms. The minimum absolute atomic E-state index is 0.153. The van der Waals surface area contributed by atoms with Crippen molar-refractivity contribution < 1.29 is 22.7 Å². The minimum atomic E-state index is -4.93. The second-order valence-electron chi connectivity index (χ2n) is 3.19. The van der Waals surface area contributed by atoms with E-state index < -0.39 is 24.4 Å². The lowest BCUT2D eigenvalue weighted by molar-refractivity contribution is -0.274. The van der Waals surface area contributed by atoms with E-state index in [0.29, 0.717) is 0 Å². The summed E-state index contributed by atoms with van der Waals surface area (Å²) in [7, 11) is 0. The highest BCUT2D eigenvalue weighted by Crippen LogP contribution is 2.38. The lowest BCUT2D eigenvalue weighted by Crippen LogP contribution is -2.19. The van der Waals surface area contributed by atoms with Crippen LogP contribution in [0.3, 0.4) is 0 Å². The molecule has 102 valence electrons. The molecule has 0 aliphatic carbocycles. The zero-order valence-corrected chi connectivity index (χ0v) is 11.4. The number of hydrogen-bond donors (Lipinski definition) is 1. The van der Waals surface area contributed by atoms with E-state index in [4.69, 9.17) is 16.9 Å². The average Bonchev–Trinajstić information content (AvgIpc) is 2.21. The molecule has 0 unspecified atom stereocenters. The van der Waals surface area contributed by atoms with Crippen LogP contribution >= 0.6 is 27.5 Å². The first-order valence-corrected chi connectivity index (χ1v) is 5.81. The Morgan fingerprint density at radius 1 is 1.53 bits per heavy atom. The van der Waals surface area contributed by atoms with E-state index >= 15 is 0 Å². The maximum Gasteiger partial charge on any atom is 0.573 e. The number of nitrogens with one attached hydrogen (secondary N) is 1. The second kappa shape index (κ2) is 6.12. The van der Waals surface area contributed by atoms with Gasteiger partial charge in [-0.15, -0.1) is 13.2 Å². The maximum absolute atomic E-state index is 12.2. The van der Waals surface area contributed by atoms with Gasteiger partial charge in [0.25, 0.3) is 0 Å². The number of alkyl halides is 3. The fourth-order valence-electron chi connectivity index (χ4n) is 1.13. The second-order valence-corrected chi connectivity index (χ2v) is 4.51. The van der Waals surface area contributed by atoms with E-state index in [1.54, 1.807) is 6.07 Å². The summed E-state index contributed by atoms with van der Waals surface area (Å²) in [5.41, 5.74) is -0.345. The molecule has 4 nitrogen and oxygen atoms in total. The molecule has 0 atom stereocenters. The summed E-state index contributed by atoms with van der Waals surface area (Å²) in [4.78, 5) is 11.2. The van der Waals surface area contributed by atoms with Gasteiger partial charge in [0.15, 0.2) is 5.75 Å². The van der Waals surface area contributed by atoms with E-state index in [9.17, 15) is 18.0 Å². The summed E-state index contributed by atoms with van der Waals surface area (Å²) in [5.74, 6) is -1.46. The number of anilines is 1. The molecular weight excluding hydrogens is 352 g/mol. The molecule has 0 saturated heterocycles. The Balaban J connectivity index is 3.14. The van der Waals surface area contributed by atoms with Gasteiger partial charge < -0.3 is 10.1 Å². The molecule has 0 radical (unpaired) electrons. The number of halogens is 5. The SMILES string of the molecule is N#CCC(=O)Nc1c(Cl)cc(Br)cc1OC(F)(F)F. The lowest BCUT2D eigenvalue weighted by atomic mass is 10.2. The van der Waals surface area contributed by atoms with Crippen LogP contribution in [-0.2, 0) is 4.79 Å². The van der Waals surface area contributed by atoms with Crippen LogP contribution in [0.2, 0.25) is 5.02 Å². The molecule has 0 heterocycles. The lowest BCUT2D eigenvalue weighted by Gasteiger charge is -2.15. The predicted octanol–water partition coefficient (Wildman–Crippen LogP) is 3.85. The summed E-state index contributed by atoms with van der Waals surface area (Å²) in [5, 5.41) is 10.3. The molecule has 0 fully saturated rings. The van der Waals surface area contributed by atoms with Crippen LogP contribution in [0.25, 0.3) is 0 Å². The van der Waals surface area contributed by atoms with Crippen molar-refractivity contribution >= 4 is 39.1 Å². The molecule has 0 spiro atoms. The molecular formula is C10H5BrClF3N2O2. The van der Waals surface area contributed by atoms with Crippen molar-refractivity contribution in [2.45, 2.75) is 12.8 Å². The van der Waals surface area contributed by atoms with E-state index in [0.717, 1.165) is 6.07 Å². The number of ether oxygens (including phenoxy) is 1. The molecule has 19 heavy (non-hydrogen) atoms. The van der Waals surface area contributed by atoms with Crippen molar-refractivity contribution in [2.75, 3.05) is 5.32 Å². The third kappa shape index (κ3) is 4.96. The molecule has 1 aromatic carbocycles. The quantitative estimate of drug-likeness (QED) is 0.894. The van der Waals surface area contributed by atoms with Crippen LogP contribution in [0.1, 0.15) is 6.42 Å². The normalized spacial score (nSPS) is 10.7. The van der Waals surface area contributed by atoms with Crippen LogP contribution in [-0.4, -0.2) is 12.3 Å². The predicted molar refractivity (Wildman–Crippen MR) is 64.7 cm³/mol. The van der Waals surface area contributed by atoms with Gasteiger partial charge in [-0.3, -0.25) is 4.79 Å². The number of rotatable bonds is 3. The number of nitriles is 1. The molecule has 1 N–H and O–H groups in total. The van der Waals surface area contributed by atoms with Crippen LogP contribution in [0.4, 0.5) is 18.9 Å². The standard InChI is InChI=1S/C10H5BrClF3N2O2/c11-5-3-6(12)9(17-8(18)1-2-16)7(4-5)19-10(13,14)15/h3-4H,1H2,(H,17,18). The summed E-state index contributed by atoms with van der Waals surface area (Å²) >= 11 is 8.69. The van der Waals surface area contributed by atoms with E-state index in [-0.39, 0.29) is 15.2 Å². The fourth-order valence-corrected chi connectivity index (χ4v) is 1.96. The Hall–Kier alpha value is -1.46. The first-order valence-electron chi connectivity index (χ1n) is 4.64. The van der Waals surface area contributed by atoms with Gasteiger partial charge in [-0.05, 0) is 12.1 Å². The minimum Gasteiger partial charge on any atom is -0.403 e. The van der Waals surface area contributed by atoms with Gasteiger partial charge in [0.1, 0.15) is 12.1 Å². The molecule has 0 saturated carbocycles. The molecule has 0 aliphatic rings. The topological polar surface area (TPSA) is 62.1 Å². The Kier molecular flexibility index (Phi) is 5.03. The number of amides is 1. The smallest absolute Gasteiger partial charge is 0.403 e. The molecule has 9 heteroatoms. The van der Waals surface area contributed by atoms with Crippen molar-refractivity contribution in [3.8, 4) is 11.8 Å². The first-order chi connectivity index (χ1) is 8.73. The van der Waals surface area contributed by atoms with Gasteiger partial charge in [0.2, 0.25) is 5.91 Å². The molecule has 0 aliphatic heterocycles. The zero-order valence-electron chi connectivity index (χ0n) is 9.02. The number of hydrogen-bond acceptors (Lipinski definition) is 3. The van der Waals surface area contributed by atoms with Crippen molar-refractivity contribution in [1.82, 2.24) is 0 Å². The monoisotopic (exact) mass is 356 g/mol.